The van der Waals surface area contributed by atoms with Gasteiger partial charge in [-0.3, -0.25) is 9.71 Å². The maximum absolute atomic E-state index is 12.3. The maximum Gasteiger partial charge on any atom is 0.261 e. The fourth-order valence-electron chi connectivity index (χ4n) is 1.65. The van der Waals surface area contributed by atoms with Crippen molar-refractivity contribution in [2.24, 2.45) is 0 Å². The highest BCUT2D eigenvalue weighted by Gasteiger charge is 2.21. The Balaban J connectivity index is 2.41. The Hall–Kier alpha value is -1.97. The minimum atomic E-state index is -3.89. The zero-order chi connectivity index (χ0) is 16.4. The van der Waals surface area contributed by atoms with Gasteiger partial charge in [-0.25, -0.2) is 21.1 Å². The molecule has 1 heterocycles. The smallest absolute Gasteiger partial charge is 0.261 e. The minimum absolute atomic E-state index is 0.0911. The zero-order valence-electron chi connectivity index (χ0n) is 12.0. The van der Waals surface area contributed by atoms with Crippen LogP contribution in [0.2, 0.25) is 0 Å². The molecule has 0 radical (unpaired) electrons. The molecule has 1 N–H and O–H groups in total. The zero-order valence-corrected chi connectivity index (χ0v) is 13.6. The SMILES string of the molecule is CN(C)S(=O)(=O)c1cccc(S(=O)(=O)Nc2cccnc2)c1. The molecule has 0 amide bonds. The van der Waals surface area contributed by atoms with E-state index in [0.29, 0.717) is 5.69 Å². The summed E-state index contributed by atoms with van der Waals surface area (Å²) >= 11 is 0. The van der Waals surface area contributed by atoms with E-state index in [-0.39, 0.29) is 9.79 Å². The van der Waals surface area contributed by atoms with Gasteiger partial charge in [-0.1, -0.05) is 6.07 Å². The quantitative estimate of drug-likeness (QED) is 0.879. The average molecular weight is 341 g/mol. The largest absolute Gasteiger partial charge is 0.278 e. The van der Waals surface area contributed by atoms with E-state index in [2.05, 4.69) is 9.71 Å². The summed E-state index contributed by atoms with van der Waals surface area (Å²) in [6, 6.07) is 8.31. The second kappa shape index (κ2) is 6.03. The van der Waals surface area contributed by atoms with Crippen LogP contribution >= 0.6 is 0 Å². The molecule has 9 heteroatoms. The third kappa shape index (κ3) is 3.43. The van der Waals surface area contributed by atoms with Crippen molar-refractivity contribution in [3.05, 3.63) is 48.8 Å². The highest BCUT2D eigenvalue weighted by molar-refractivity contribution is 7.93. The molecule has 0 spiro atoms. The van der Waals surface area contributed by atoms with Crippen molar-refractivity contribution in [2.75, 3.05) is 18.8 Å². The topological polar surface area (TPSA) is 96.4 Å². The lowest BCUT2D eigenvalue weighted by atomic mass is 10.4. The molecule has 0 saturated heterocycles. The predicted molar refractivity (Wildman–Crippen MR) is 82.4 cm³/mol. The molecule has 0 aliphatic heterocycles. The molecule has 2 rings (SSSR count). The molecule has 118 valence electrons. The molecular weight excluding hydrogens is 326 g/mol. The number of hydrogen-bond acceptors (Lipinski definition) is 5. The van der Waals surface area contributed by atoms with E-state index >= 15 is 0 Å². The van der Waals surface area contributed by atoms with Crippen molar-refractivity contribution in [1.82, 2.24) is 9.29 Å². The predicted octanol–water partition coefficient (Wildman–Crippen LogP) is 1.13. The normalized spacial score (nSPS) is 12.3. The van der Waals surface area contributed by atoms with Crippen molar-refractivity contribution in [3.8, 4) is 0 Å². The van der Waals surface area contributed by atoms with Gasteiger partial charge in [0.15, 0.2) is 0 Å². The summed E-state index contributed by atoms with van der Waals surface area (Å²) < 4.78 is 52.1. The fraction of sp³-hybridized carbons (Fsp3) is 0.154. The lowest BCUT2D eigenvalue weighted by Gasteiger charge is -2.13. The highest BCUT2D eigenvalue weighted by Crippen LogP contribution is 2.20. The van der Waals surface area contributed by atoms with Gasteiger partial charge in [-0.15, -0.1) is 0 Å². The van der Waals surface area contributed by atoms with Crippen molar-refractivity contribution in [3.63, 3.8) is 0 Å². The van der Waals surface area contributed by atoms with Crippen LogP contribution < -0.4 is 4.72 Å². The standard InChI is InChI=1S/C13H15N3O4S2/c1-16(2)22(19,20)13-7-3-6-12(9-13)21(17,18)15-11-5-4-8-14-10-11/h3-10,15H,1-2H3. The van der Waals surface area contributed by atoms with Crippen LogP contribution in [0.15, 0.2) is 58.6 Å². The first-order chi connectivity index (χ1) is 10.2. The summed E-state index contributed by atoms with van der Waals surface area (Å²) in [6.45, 7) is 0. The van der Waals surface area contributed by atoms with Crippen molar-refractivity contribution in [2.45, 2.75) is 9.79 Å². The third-order valence-corrected chi connectivity index (χ3v) is 6.00. The first-order valence-electron chi connectivity index (χ1n) is 6.19. The van der Waals surface area contributed by atoms with Crippen LogP contribution in [0, 0.1) is 0 Å². The van der Waals surface area contributed by atoms with Gasteiger partial charge in [0, 0.05) is 20.3 Å². The lowest BCUT2D eigenvalue weighted by molar-refractivity contribution is 0.520. The van der Waals surface area contributed by atoms with Crippen LogP contribution in [0.3, 0.4) is 0 Å². The minimum Gasteiger partial charge on any atom is -0.278 e. The number of benzene rings is 1. The van der Waals surface area contributed by atoms with Crippen LogP contribution in [0.4, 0.5) is 5.69 Å². The van der Waals surface area contributed by atoms with Crippen LogP contribution in [0.5, 0.6) is 0 Å². The monoisotopic (exact) mass is 341 g/mol. The van der Waals surface area contributed by atoms with E-state index in [0.717, 1.165) is 10.4 Å². The fourth-order valence-corrected chi connectivity index (χ4v) is 3.76. The van der Waals surface area contributed by atoms with Crippen LogP contribution in [-0.2, 0) is 20.0 Å². The van der Waals surface area contributed by atoms with E-state index in [1.165, 1.54) is 44.7 Å². The molecule has 7 nitrogen and oxygen atoms in total. The van der Waals surface area contributed by atoms with E-state index in [4.69, 9.17) is 0 Å². The van der Waals surface area contributed by atoms with Gasteiger partial charge in [-0.2, -0.15) is 0 Å². The lowest BCUT2D eigenvalue weighted by Crippen LogP contribution is -2.22. The van der Waals surface area contributed by atoms with Gasteiger partial charge >= 0.3 is 0 Å². The number of nitrogens with zero attached hydrogens (tertiary/aromatic N) is 2. The molecule has 0 unspecified atom stereocenters. The number of aromatic nitrogens is 1. The number of sulfonamides is 2. The second-order valence-corrected chi connectivity index (χ2v) is 8.44. The van der Waals surface area contributed by atoms with Gasteiger partial charge < -0.3 is 0 Å². The van der Waals surface area contributed by atoms with Crippen molar-refractivity contribution < 1.29 is 16.8 Å². The van der Waals surface area contributed by atoms with Crippen molar-refractivity contribution >= 4 is 25.7 Å². The van der Waals surface area contributed by atoms with Crippen LogP contribution in [0.1, 0.15) is 0 Å². The van der Waals surface area contributed by atoms with E-state index < -0.39 is 20.0 Å². The molecule has 0 aliphatic carbocycles. The van der Waals surface area contributed by atoms with Gasteiger partial charge in [0.1, 0.15) is 0 Å². The van der Waals surface area contributed by atoms with Gasteiger partial charge in [-0.05, 0) is 30.3 Å². The molecule has 1 aromatic carbocycles. The maximum atomic E-state index is 12.3. The van der Waals surface area contributed by atoms with E-state index in [1.54, 1.807) is 12.1 Å². The summed E-state index contributed by atoms with van der Waals surface area (Å²) in [6.07, 6.45) is 2.88. The summed E-state index contributed by atoms with van der Waals surface area (Å²) in [7, 11) is -4.84. The second-order valence-electron chi connectivity index (χ2n) is 4.61. The average Bonchev–Trinajstić information content (AvgIpc) is 2.48. The number of anilines is 1. The molecular formula is C13H15N3O4S2. The highest BCUT2D eigenvalue weighted by atomic mass is 32.2. The van der Waals surface area contributed by atoms with Gasteiger partial charge in [0.05, 0.1) is 21.7 Å². The number of pyridine rings is 1. The first kappa shape index (κ1) is 16.4. The summed E-state index contributed by atoms with van der Waals surface area (Å²) in [5.74, 6) is 0. The Bertz CT molecular complexity index is 863. The number of nitrogens with one attached hydrogen (secondary N) is 1. The van der Waals surface area contributed by atoms with Crippen molar-refractivity contribution in [1.29, 1.82) is 0 Å². The molecule has 1 aromatic heterocycles. The summed E-state index contributed by atoms with van der Waals surface area (Å²) in [5, 5.41) is 0. The Labute approximate surface area is 129 Å². The molecule has 2 aromatic rings. The van der Waals surface area contributed by atoms with Crippen LogP contribution in [0.25, 0.3) is 0 Å². The molecule has 0 fully saturated rings. The molecule has 22 heavy (non-hydrogen) atoms. The van der Waals surface area contributed by atoms with E-state index in [9.17, 15) is 16.8 Å². The Kier molecular flexibility index (Phi) is 4.50. The number of rotatable bonds is 5. The summed E-state index contributed by atoms with van der Waals surface area (Å²) in [5.41, 5.74) is 0.295. The third-order valence-electron chi connectivity index (χ3n) is 2.81. The first-order valence-corrected chi connectivity index (χ1v) is 9.11. The number of hydrogen-bond donors (Lipinski definition) is 1. The van der Waals surface area contributed by atoms with Gasteiger partial charge in [0.2, 0.25) is 10.0 Å². The molecule has 0 aliphatic rings. The van der Waals surface area contributed by atoms with Gasteiger partial charge in [0.25, 0.3) is 10.0 Å². The molecule has 0 bridgehead atoms. The molecule has 0 atom stereocenters. The Morgan fingerprint density at radius 2 is 1.68 bits per heavy atom. The van der Waals surface area contributed by atoms with E-state index in [1.807, 2.05) is 0 Å². The Morgan fingerprint density at radius 3 is 2.27 bits per heavy atom. The Morgan fingerprint density at radius 1 is 1.00 bits per heavy atom. The summed E-state index contributed by atoms with van der Waals surface area (Å²) in [4.78, 5) is 3.58. The molecule has 0 saturated carbocycles. The van der Waals surface area contributed by atoms with Crippen LogP contribution in [-0.4, -0.2) is 40.2 Å².